The average molecular weight is 363 g/mol. The van der Waals surface area contributed by atoms with E-state index >= 15 is 0 Å². The number of nitrogens with one attached hydrogen (secondary N) is 1. The van der Waals surface area contributed by atoms with E-state index in [9.17, 15) is 4.79 Å². The smallest absolute Gasteiger partial charge is 0.236 e. The Hall–Kier alpha value is -2.04. The molecule has 0 bridgehead atoms. The number of carbonyl (C=O) groups excluding carboxylic acids is 1. The van der Waals surface area contributed by atoms with Gasteiger partial charge in [0.1, 0.15) is 12.4 Å². The van der Waals surface area contributed by atoms with Crippen LogP contribution in [0.3, 0.4) is 0 Å². The SMILES string of the molecule is Cc1ccc(COc2ccc(CC(C)NC(=O)[C@@H](C)N)cc2)cc1.Cl. The van der Waals surface area contributed by atoms with E-state index in [1.807, 2.05) is 31.2 Å². The number of carbonyl (C=O) groups is 1. The first kappa shape index (κ1) is 21.0. The lowest BCUT2D eigenvalue weighted by molar-refractivity contribution is -0.122. The molecule has 25 heavy (non-hydrogen) atoms. The fourth-order valence-corrected chi connectivity index (χ4v) is 2.35. The summed E-state index contributed by atoms with van der Waals surface area (Å²) in [5, 5.41) is 2.90. The third-order valence-electron chi connectivity index (χ3n) is 3.79. The molecule has 1 unspecified atom stereocenters. The van der Waals surface area contributed by atoms with Crippen LogP contribution < -0.4 is 15.8 Å². The lowest BCUT2D eigenvalue weighted by atomic mass is 10.1. The van der Waals surface area contributed by atoms with Crippen molar-refractivity contribution in [1.29, 1.82) is 0 Å². The number of hydrogen-bond acceptors (Lipinski definition) is 3. The fraction of sp³-hybridized carbons (Fsp3) is 0.350. The van der Waals surface area contributed by atoms with Gasteiger partial charge in [0.2, 0.25) is 5.91 Å². The Balaban J connectivity index is 0.00000312. The van der Waals surface area contributed by atoms with Gasteiger partial charge in [-0.05, 0) is 50.5 Å². The first-order valence-electron chi connectivity index (χ1n) is 8.27. The predicted octanol–water partition coefficient (Wildman–Crippen LogP) is 3.39. The Morgan fingerprint density at radius 3 is 2.16 bits per heavy atom. The summed E-state index contributed by atoms with van der Waals surface area (Å²) in [5.41, 5.74) is 9.10. The quantitative estimate of drug-likeness (QED) is 0.793. The third kappa shape index (κ3) is 7.16. The zero-order chi connectivity index (χ0) is 17.5. The second-order valence-electron chi connectivity index (χ2n) is 6.32. The Morgan fingerprint density at radius 1 is 1.04 bits per heavy atom. The van der Waals surface area contributed by atoms with Crippen molar-refractivity contribution >= 4 is 18.3 Å². The third-order valence-corrected chi connectivity index (χ3v) is 3.79. The van der Waals surface area contributed by atoms with Crippen molar-refractivity contribution in [3.8, 4) is 5.75 Å². The van der Waals surface area contributed by atoms with E-state index in [1.165, 1.54) is 5.56 Å². The molecule has 0 saturated carbocycles. The molecule has 0 spiro atoms. The van der Waals surface area contributed by atoms with E-state index in [1.54, 1.807) is 6.92 Å². The molecule has 0 aromatic heterocycles. The molecule has 136 valence electrons. The van der Waals surface area contributed by atoms with Crippen LogP contribution in [0.4, 0.5) is 0 Å². The summed E-state index contributed by atoms with van der Waals surface area (Å²) in [7, 11) is 0. The molecular weight excluding hydrogens is 336 g/mol. The Bertz CT molecular complexity index is 654. The van der Waals surface area contributed by atoms with Crippen LogP contribution in [0.5, 0.6) is 5.75 Å². The molecule has 0 aliphatic carbocycles. The lowest BCUT2D eigenvalue weighted by Crippen LogP contribution is -2.43. The molecule has 5 heteroatoms. The number of rotatable bonds is 7. The first-order chi connectivity index (χ1) is 11.4. The monoisotopic (exact) mass is 362 g/mol. The van der Waals surface area contributed by atoms with Crippen LogP contribution in [0.1, 0.15) is 30.5 Å². The van der Waals surface area contributed by atoms with Crippen LogP contribution in [-0.4, -0.2) is 18.0 Å². The van der Waals surface area contributed by atoms with E-state index < -0.39 is 6.04 Å². The molecule has 0 aliphatic heterocycles. The van der Waals surface area contributed by atoms with Crippen LogP contribution in [0.25, 0.3) is 0 Å². The summed E-state index contributed by atoms with van der Waals surface area (Å²) in [6.07, 6.45) is 0.761. The van der Waals surface area contributed by atoms with Crippen molar-refractivity contribution in [3.63, 3.8) is 0 Å². The molecule has 0 aliphatic rings. The van der Waals surface area contributed by atoms with E-state index in [4.69, 9.17) is 10.5 Å². The van der Waals surface area contributed by atoms with E-state index in [-0.39, 0.29) is 24.4 Å². The highest BCUT2D eigenvalue weighted by atomic mass is 35.5. The van der Waals surface area contributed by atoms with Crippen LogP contribution in [0, 0.1) is 6.92 Å². The molecule has 0 heterocycles. The Labute approximate surface area is 156 Å². The van der Waals surface area contributed by atoms with E-state index in [0.29, 0.717) is 6.61 Å². The standard InChI is InChI=1S/C20H26N2O2.ClH/c1-14-4-6-18(7-5-14)13-24-19-10-8-17(9-11-19)12-15(2)22-20(23)16(3)21;/h4-11,15-16H,12-13,21H2,1-3H3,(H,22,23);1H/t15?,16-;/m1./s1. The molecular formula is C20H27ClN2O2. The van der Waals surface area contributed by atoms with Gasteiger partial charge in [-0.3, -0.25) is 4.79 Å². The summed E-state index contributed by atoms with van der Waals surface area (Å²) < 4.78 is 5.80. The molecule has 0 saturated heterocycles. The maximum Gasteiger partial charge on any atom is 0.236 e. The van der Waals surface area contributed by atoms with Gasteiger partial charge in [0, 0.05) is 6.04 Å². The van der Waals surface area contributed by atoms with Gasteiger partial charge in [-0.25, -0.2) is 0 Å². The van der Waals surface area contributed by atoms with Crippen molar-refractivity contribution in [3.05, 3.63) is 65.2 Å². The molecule has 0 fully saturated rings. The Kier molecular flexibility index (Phi) is 8.46. The fourth-order valence-electron chi connectivity index (χ4n) is 2.35. The predicted molar refractivity (Wildman–Crippen MR) is 104 cm³/mol. The van der Waals surface area contributed by atoms with Gasteiger partial charge >= 0.3 is 0 Å². The highest BCUT2D eigenvalue weighted by molar-refractivity contribution is 5.85. The van der Waals surface area contributed by atoms with E-state index in [2.05, 4.69) is 36.5 Å². The number of aryl methyl sites for hydroxylation is 1. The van der Waals surface area contributed by atoms with Crippen LogP contribution >= 0.6 is 12.4 Å². The zero-order valence-corrected chi connectivity index (χ0v) is 15.8. The molecule has 4 nitrogen and oxygen atoms in total. The number of amides is 1. The molecule has 2 aromatic rings. The van der Waals surface area contributed by atoms with Gasteiger partial charge in [0.15, 0.2) is 0 Å². The number of halogens is 1. The van der Waals surface area contributed by atoms with Crippen molar-refractivity contribution < 1.29 is 9.53 Å². The zero-order valence-electron chi connectivity index (χ0n) is 15.0. The van der Waals surface area contributed by atoms with Crippen LogP contribution in [0.2, 0.25) is 0 Å². The van der Waals surface area contributed by atoms with Crippen molar-refractivity contribution in [2.75, 3.05) is 0 Å². The number of ether oxygens (including phenoxy) is 1. The highest BCUT2D eigenvalue weighted by Gasteiger charge is 2.11. The van der Waals surface area contributed by atoms with Gasteiger partial charge in [-0.1, -0.05) is 42.0 Å². The molecule has 2 rings (SSSR count). The lowest BCUT2D eigenvalue weighted by Gasteiger charge is -2.16. The van der Waals surface area contributed by atoms with Gasteiger partial charge in [-0.15, -0.1) is 12.4 Å². The van der Waals surface area contributed by atoms with Gasteiger partial charge in [-0.2, -0.15) is 0 Å². The summed E-state index contributed by atoms with van der Waals surface area (Å²) in [6, 6.07) is 15.9. The first-order valence-corrected chi connectivity index (χ1v) is 8.27. The average Bonchev–Trinajstić information content (AvgIpc) is 2.55. The van der Waals surface area contributed by atoms with Crippen LogP contribution in [-0.2, 0) is 17.8 Å². The second kappa shape index (κ2) is 10.1. The summed E-state index contributed by atoms with van der Waals surface area (Å²) in [6.45, 7) is 6.28. The number of nitrogens with two attached hydrogens (primary N) is 1. The topological polar surface area (TPSA) is 64.3 Å². The summed E-state index contributed by atoms with van der Waals surface area (Å²) in [5.74, 6) is 0.715. The van der Waals surface area contributed by atoms with Crippen molar-refractivity contribution in [1.82, 2.24) is 5.32 Å². The minimum atomic E-state index is -0.481. The molecule has 2 aromatic carbocycles. The maximum absolute atomic E-state index is 11.6. The Morgan fingerprint density at radius 2 is 1.60 bits per heavy atom. The van der Waals surface area contributed by atoms with Crippen molar-refractivity contribution in [2.24, 2.45) is 5.73 Å². The highest BCUT2D eigenvalue weighted by Crippen LogP contribution is 2.15. The summed E-state index contributed by atoms with van der Waals surface area (Å²) in [4.78, 5) is 11.6. The number of benzene rings is 2. The molecule has 1 amide bonds. The van der Waals surface area contributed by atoms with Gasteiger partial charge < -0.3 is 15.8 Å². The number of hydrogen-bond donors (Lipinski definition) is 2. The van der Waals surface area contributed by atoms with Crippen molar-refractivity contribution in [2.45, 2.75) is 45.9 Å². The maximum atomic E-state index is 11.6. The molecule has 3 N–H and O–H groups in total. The van der Waals surface area contributed by atoms with Crippen LogP contribution in [0.15, 0.2) is 48.5 Å². The molecule has 2 atom stereocenters. The van der Waals surface area contributed by atoms with E-state index in [0.717, 1.165) is 23.3 Å². The van der Waals surface area contributed by atoms with Gasteiger partial charge in [0.05, 0.1) is 6.04 Å². The molecule has 0 radical (unpaired) electrons. The largest absolute Gasteiger partial charge is 0.489 e. The minimum absolute atomic E-state index is 0. The minimum Gasteiger partial charge on any atom is -0.489 e. The summed E-state index contributed by atoms with van der Waals surface area (Å²) >= 11 is 0. The normalized spacial score (nSPS) is 12.6. The van der Waals surface area contributed by atoms with Gasteiger partial charge in [0.25, 0.3) is 0 Å². The second-order valence-corrected chi connectivity index (χ2v) is 6.32.